The van der Waals surface area contributed by atoms with Gasteiger partial charge in [-0.15, -0.1) is 0 Å². The van der Waals surface area contributed by atoms with Crippen LogP contribution in [0.5, 0.6) is 0 Å². The molecule has 2 aliphatic rings. The number of amides is 3. The van der Waals surface area contributed by atoms with Crippen molar-refractivity contribution in [3.8, 4) is 0 Å². The summed E-state index contributed by atoms with van der Waals surface area (Å²) in [7, 11) is 0. The third-order valence-corrected chi connectivity index (χ3v) is 5.58. The van der Waals surface area contributed by atoms with E-state index < -0.39 is 12.1 Å². The third kappa shape index (κ3) is 6.93. The molecule has 2 heterocycles. The zero-order valence-corrected chi connectivity index (χ0v) is 17.1. The minimum Gasteiger partial charge on any atom is -0.394 e. The molecule has 0 unspecified atom stereocenters. The maximum absolute atomic E-state index is 13.0. The van der Waals surface area contributed by atoms with Crippen LogP contribution in [0.4, 0.5) is 14.9 Å². The minimum atomic E-state index is -0.583. The summed E-state index contributed by atoms with van der Waals surface area (Å²) in [5, 5.41) is 18.0. The van der Waals surface area contributed by atoms with Gasteiger partial charge in [-0.05, 0) is 63.0 Å². The summed E-state index contributed by atoms with van der Waals surface area (Å²) in [5.41, 5.74) is 0.467. The average Bonchev–Trinajstić information content (AvgIpc) is 3.24. The molecule has 0 radical (unpaired) electrons. The Bertz CT molecular complexity index is 697. The number of halogens is 1. The van der Waals surface area contributed by atoms with Crippen LogP contribution in [0.3, 0.4) is 0 Å². The Balaban J connectivity index is 1.38. The van der Waals surface area contributed by atoms with Crippen molar-refractivity contribution < 1.29 is 23.8 Å². The fourth-order valence-electron chi connectivity index (χ4n) is 3.95. The second-order valence-corrected chi connectivity index (χ2v) is 7.87. The summed E-state index contributed by atoms with van der Waals surface area (Å²) in [5.74, 6) is -0.440. The molecule has 1 aromatic carbocycles. The molecule has 2 saturated heterocycles. The molecular weight excluding hydrogens is 391 g/mol. The van der Waals surface area contributed by atoms with Crippen LogP contribution in [0.1, 0.15) is 32.1 Å². The van der Waals surface area contributed by atoms with Gasteiger partial charge in [0.05, 0.1) is 25.2 Å². The number of anilines is 1. The van der Waals surface area contributed by atoms with Gasteiger partial charge in [-0.25, -0.2) is 9.18 Å². The molecule has 30 heavy (non-hydrogen) atoms. The van der Waals surface area contributed by atoms with Crippen molar-refractivity contribution in [2.24, 2.45) is 0 Å². The summed E-state index contributed by atoms with van der Waals surface area (Å²) in [4.78, 5) is 26.7. The number of aliphatic hydroxyl groups excluding tert-OH is 1. The van der Waals surface area contributed by atoms with Crippen LogP contribution >= 0.6 is 0 Å². The van der Waals surface area contributed by atoms with Crippen LogP contribution in [0.25, 0.3) is 0 Å². The molecule has 2 fully saturated rings. The molecule has 1 aromatic rings. The predicted octanol–water partition coefficient (Wildman–Crippen LogP) is 1.46. The van der Waals surface area contributed by atoms with E-state index in [4.69, 9.17) is 4.74 Å². The predicted molar refractivity (Wildman–Crippen MR) is 111 cm³/mol. The van der Waals surface area contributed by atoms with Crippen LogP contribution in [-0.4, -0.2) is 73.0 Å². The van der Waals surface area contributed by atoms with E-state index in [1.807, 2.05) is 0 Å². The molecule has 0 bridgehead atoms. The number of likely N-dealkylation sites (tertiary alicyclic amines) is 1. The molecule has 166 valence electrons. The van der Waals surface area contributed by atoms with E-state index in [1.165, 1.54) is 37.1 Å². The summed E-state index contributed by atoms with van der Waals surface area (Å²) >= 11 is 0. The van der Waals surface area contributed by atoms with Crippen molar-refractivity contribution in [2.45, 2.75) is 50.4 Å². The normalized spacial score (nSPS) is 24.4. The van der Waals surface area contributed by atoms with Gasteiger partial charge < -0.3 is 30.7 Å². The van der Waals surface area contributed by atoms with Crippen LogP contribution in [0.2, 0.25) is 0 Å². The van der Waals surface area contributed by atoms with Crippen LogP contribution in [0, 0.1) is 5.82 Å². The van der Waals surface area contributed by atoms with E-state index in [2.05, 4.69) is 20.9 Å². The number of nitrogens with one attached hydrogen (secondary N) is 3. The molecule has 0 aromatic heterocycles. The Hall–Kier alpha value is -2.23. The third-order valence-electron chi connectivity index (χ3n) is 5.58. The molecule has 4 N–H and O–H groups in total. The van der Waals surface area contributed by atoms with Crippen molar-refractivity contribution in [1.29, 1.82) is 0 Å². The van der Waals surface area contributed by atoms with Gasteiger partial charge in [-0.2, -0.15) is 0 Å². The second kappa shape index (κ2) is 11.2. The summed E-state index contributed by atoms with van der Waals surface area (Å²) < 4.78 is 18.8. The molecular formula is C21H31FN4O4. The highest BCUT2D eigenvalue weighted by molar-refractivity contribution is 5.89. The highest BCUT2D eigenvalue weighted by Crippen LogP contribution is 2.22. The van der Waals surface area contributed by atoms with Gasteiger partial charge in [0.1, 0.15) is 11.9 Å². The van der Waals surface area contributed by atoms with Gasteiger partial charge in [0, 0.05) is 18.8 Å². The van der Waals surface area contributed by atoms with Gasteiger partial charge in [-0.1, -0.05) is 0 Å². The molecule has 0 aliphatic carbocycles. The Morgan fingerprint density at radius 1 is 1.17 bits per heavy atom. The minimum absolute atomic E-state index is 0.0589. The number of hydrogen-bond acceptors (Lipinski definition) is 5. The Labute approximate surface area is 176 Å². The lowest BCUT2D eigenvalue weighted by atomic mass is 9.97. The second-order valence-electron chi connectivity index (χ2n) is 7.87. The number of hydrogen-bond donors (Lipinski definition) is 4. The first kappa shape index (κ1) is 22.5. The Morgan fingerprint density at radius 2 is 1.90 bits per heavy atom. The number of ether oxygens (including phenoxy) is 1. The SMILES string of the molecule is O=C(C[C@H]1CC[C@@H](NC(=O)Nc2ccc(F)cc2)[C@H](CO)O1)NCCN1CCCC1. The summed E-state index contributed by atoms with van der Waals surface area (Å²) in [6, 6.07) is 4.63. The molecule has 0 spiro atoms. The van der Waals surface area contributed by atoms with Crippen molar-refractivity contribution >= 4 is 17.6 Å². The van der Waals surface area contributed by atoms with Crippen molar-refractivity contribution in [3.05, 3.63) is 30.1 Å². The van der Waals surface area contributed by atoms with Crippen molar-refractivity contribution in [3.63, 3.8) is 0 Å². The highest BCUT2D eigenvalue weighted by atomic mass is 19.1. The van der Waals surface area contributed by atoms with Gasteiger partial charge in [0.15, 0.2) is 0 Å². The molecule has 2 aliphatic heterocycles. The van der Waals surface area contributed by atoms with Crippen molar-refractivity contribution in [2.75, 3.05) is 38.1 Å². The first-order chi connectivity index (χ1) is 14.5. The van der Waals surface area contributed by atoms with Gasteiger partial charge >= 0.3 is 6.03 Å². The monoisotopic (exact) mass is 422 g/mol. The van der Waals surface area contributed by atoms with Crippen LogP contribution in [0.15, 0.2) is 24.3 Å². The molecule has 0 saturated carbocycles. The lowest BCUT2D eigenvalue weighted by Crippen LogP contribution is -2.52. The zero-order valence-electron chi connectivity index (χ0n) is 17.1. The maximum Gasteiger partial charge on any atom is 0.319 e. The number of aliphatic hydroxyl groups is 1. The van der Waals surface area contributed by atoms with E-state index in [0.717, 1.165) is 19.6 Å². The molecule has 8 nitrogen and oxygen atoms in total. The first-order valence-corrected chi connectivity index (χ1v) is 10.6. The number of urea groups is 1. The lowest BCUT2D eigenvalue weighted by molar-refractivity contribution is -0.130. The Kier molecular flexibility index (Phi) is 8.41. The van der Waals surface area contributed by atoms with E-state index in [-0.39, 0.29) is 36.9 Å². The highest BCUT2D eigenvalue weighted by Gasteiger charge is 2.32. The average molecular weight is 423 g/mol. The number of nitrogens with zero attached hydrogens (tertiary/aromatic N) is 1. The zero-order chi connectivity index (χ0) is 21.3. The fraction of sp³-hybridized carbons (Fsp3) is 0.619. The van der Waals surface area contributed by atoms with E-state index in [0.29, 0.717) is 25.1 Å². The molecule has 9 heteroatoms. The maximum atomic E-state index is 13.0. The van der Waals surface area contributed by atoms with E-state index >= 15 is 0 Å². The van der Waals surface area contributed by atoms with E-state index in [1.54, 1.807) is 0 Å². The largest absolute Gasteiger partial charge is 0.394 e. The van der Waals surface area contributed by atoms with Gasteiger partial charge in [0.25, 0.3) is 0 Å². The quantitative estimate of drug-likeness (QED) is 0.508. The standard InChI is InChI=1S/C21H31FN4O4/c22-15-3-5-16(6-4-15)24-21(29)25-18-8-7-17(30-19(18)14-27)13-20(28)23-9-12-26-10-1-2-11-26/h3-6,17-19,27H,1-2,7-14H2,(H,23,28)(H2,24,25,29)/t17-,18-,19+/m1/s1. The van der Waals surface area contributed by atoms with Crippen LogP contribution < -0.4 is 16.0 Å². The number of carbonyl (C=O) groups excluding carboxylic acids is 2. The van der Waals surface area contributed by atoms with Crippen LogP contribution in [-0.2, 0) is 9.53 Å². The summed E-state index contributed by atoms with van der Waals surface area (Å²) in [6.45, 7) is 3.44. The summed E-state index contributed by atoms with van der Waals surface area (Å²) in [6.07, 6.45) is 3.02. The van der Waals surface area contributed by atoms with E-state index in [9.17, 15) is 19.1 Å². The fourth-order valence-corrected chi connectivity index (χ4v) is 3.95. The number of rotatable bonds is 8. The van der Waals surface area contributed by atoms with Gasteiger partial charge in [0.2, 0.25) is 5.91 Å². The smallest absolute Gasteiger partial charge is 0.319 e. The molecule has 3 atom stereocenters. The number of carbonyl (C=O) groups is 2. The molecule has 3 rings (SSSR count). The number of benzene rings is 1. The van der Waals surface area contributed by atoms with Gasteiger partial charge in [-0.3, -0.25) is 4.79 Å². The first-order valence-electron chi connectivity index (χ1n) is 10.6. The van der Waals surface area contributed by atoms with Crippen molar-refractivity contribution in [1.82, 2.24) is 15.5 Å². The molecule has 3 amide bonds. The lowest BCUT2D eigenvalue weighted by Gasteiger charge is -2.36. The Morgan fingerprint density at radius 3 is 2.60 bits per heavy atom. The topological polar surface area (TPSA) is 103 Å².